The highest BCUT2D eigenvalue weighted by molar-refractivity contribution is 6.09. The molecule has 2 heterocycles. The molecular weight excluding hydrogens is 681 g/mol. The van der Waals surface area contributed by atoms with Crippen molar-refractivity contribution in [2.75, 3.05) is 0 Å². The van der Waals surface area contributed by atoms with Gasteiger partial charge in [0.25, 0.3) is 0 Å². The second kappa shape index (κ2) is 13.6. The summed E-state index contributed by atoms with van der Waals surface area (Å²) < 4.78 is 2.55. The van der Waals surface area contributed by atoms with Gasteiger partial charge in [-0.3, -0.25) is 5.32 Å². The summed E-state index contributed by atoms with van der Waals surface area (Å²) in [7, 11) is 0. The first-order valence-corrected chi connectivity index (χ1v) is 20.7. The van der Waals surface area contributed by atoms with Gasteiger partial charge in [0.2, 0.25) is 6.17 Å². The summed E-state index contributed by atoms with van der Waals surface area (Å²) >= 11 is 0. The Morgan fingerprint density at radius 1 is 0.696 bits per heavy atom. The Balaban J connectivity index is 1.06. The van der Waals surface area contributed by atoms with E-state index in [2.05, 4.69) is 173 Å². The number of amidine groups is 1. The maximum absolute atomic E-state index is 5.34. The number of allylic oxidation sites excluding steroid dienone is 10. The van der Waals surface area contributed by atoms with Crippen molar-refractivity contribution in [2.24, 2.45) is 4.99 Å². The molecular formula is C52H47N4+. The van der Waals surface area contributed by atoms with Crippen molar-refractivity contribution >= 4 is 22.8 Å². The van der Waals surface area contributed by atoms with Crippen LogP contribution < -0.4 is 10.6 Å². The minimum atomic E-state index is -0.373. The Hall–Kier alpha value is -5.97. The van der Waals surface area contributed by atoms with Gasteiger partial charge in [0.1, 0.15) is 5.84 Å². The fourth-order valence-corrected chi connectivity index (χ4v) is 10.4. The lowest BCUT2D eigenvalue weighted by atomic mass is 9.66. The van der Waals surface area contributed by atoms with Gasteiger partial charge in [-0.15, -0.1) is 0 Å². The van der Waals surface area contributed by atoms with Crippen molar-refractivity contribution in [3.8, 4) is 16.8 Å². The molecule has 6 aliphatic rings. The number of fused-ring (bicyclic) bond motifs is 7. The van der Waals surface area contributed by atoms with Gasteiger partial charge in [-0.25, -0.2) is 4.99 Å². The highest BCUT2D eigenvalue weighted by Gasteiger charge is 2.48. The van der Waals surface area contributed by atoms with E-state index in [9.17, 15) is 0 Å². The van der Waals surface area contributed by atoms with Crippen molar-refractivity contribution in [2.45, 2.75) is 69.1 Å². The average molecular weight is 728 g/mol. The lowest BCUT2D eigenvalue weighted by Crippen LogP contribution is -3.00. The first-order chi connectivity index (χ1) is 27.8. The Morgan fingerprint density at radius 3 is 2.30 bits per heavy atom. The van der Waals surface area contributed by atoms with E-state index in [0.717, 1.165) is 62.8 Å². The van der Waals surface area contributed by atoms with Crippen molar-refractivity contribution in [3.63, 3.8) is 0 Å². The zero-order chi connectivity index (χ0) is 37.1. The van der Waals surface area contributed by atoms with Gasteiger partial charge < -0.3 is 9.88 Å². The molecule has 4 aromatic carbocycles. The zero-order valence-electron chi connectivity index (χ0n) is 31.8. The third kappa shape index (κ3) is 5.19. The summed E-state index contributed by atoms with van der Waals surface area (Å²) in [6, 6.07) is 34.5. The molecule has 0 fully saturated rings. The molecule has 0 saturated carbocycles. The SMILES string of the molecule is C1=CCCC(C2N=C(c3ccc(-n4c5c(c6c7c(ccc64)C(C4=CCCC=C4)(c4ccccc4)c4ccccc4-7)C=CCC5)cc3)NC(C3=CCCC=C3)[NH2+]2)=C1. The molecule has 4 nitrogen and oxygen atoms in total. The summed E-state index contributed by atoms with van der Waals surface area (Å²) in [6.45, 7) is 0. The van der Waals surface area contributed by atoms with Crippen LogP contribution in [-0.4, -0.2) is 22.7 Å². The number of nitrogens with one attached hydrogen (secondary N) is 1. The molecule has 11 rings (SSSR count). The molecule has 1 aliphatic heterocycles. The first kappa shape index (κ1) is 33.4. The van der Waals surface area contributed by atoms with Crippen LogP contribution in [0.3, 0.4) is 0 Å². The van der Waals surface area contributed by atoms with Gasteiger partial charge in [-0.1, -0.05) is 127 Å². The number of rotatable bonds is 6. The number of aliphatic imine (C=N–C) groups is 1. The van der Waals surface area contributed by atoms with Crippen molar-refractivity contribution < 1.29 is 5.32 Å². The third-order valence-corrected chi connectivity index (χ3v) is 12.9. The average Bonchev–Trinajstić information content (AvgIpc) is 3.78. The van der Waals surface area contributed by atoms with Gasteiger partial charge in [0, 0.05) is 39.0 Å². The lowest BCUT2D eigenvalue weighted by Gasteiger charge is -2.35. The molecule has 3 N–H and O–H groups in total. The predicted octanol–water partition coefficient (Wildman–Crippen LogP) is 10.3. The van der Waals surface area contributed by atoms with Gasteiger partial charge >= 0.3 is 0 Å². The Kier molecular flexibility index (Phi) is 8.13. The first-order valence-electron chi connectivity index (χ1n) is 20.7. The number of nitrogens with zero attached hydrogens (tertiary/aromatic N) is 2. The Bertz CT molecular complexity index is 2640. The molecule has 0 amide bonds. The zero-order valence-corrected chi connectivity index (χ0v) is 31.8. The minimum absolute atomic E-state index is 0.0668. The molecule has 3 unspecified atom stereocenters. The van der Waals surface area contributed by atoms with E-state index < -0.39 is 0 Å². The van der Waals surface area contributed by atoms with Gasteiger partial charge in [0.15, 0.2) is 6.17 Å². The largest absolute Gasteiger partial charge is 0.317 e. The number of benzene rings is 4. The van der Waals surface area contributed by atoms with Gasteiger partial charge in [-0.05, 0) is 115 Å². The van der Waals surface area contributed by atoms with Crippen LogP contribution in [0.1, 0.15) is 78.5 Å². The Morgan fingerprint density at radius 2 is 1.50 bits per heavy atom. The van der Waals surface area contributed by atoms with Gasteiger partial charge in [-0.2, -0.15) is 0 Å². The van der Waals surface area contributed by atoms with Crippen molar-refractivity contribution in [3.05, 3.63) is 202 Å². The maximum Gasteiger partial charge on any atom is 0.206 e. The van der Waals surface area contributed by atoms with Crippen LogP contribution in [0.15, 0.2) is 173 Å². The van der Waals surface area contributed by atoms with Crippen molar-refractivity contribution in [1.82, 2.24) is 9.88 Å². The van der Waals surface area contributed by atoms with E-state index in [4.69, 9.17) is 4.99 Å². The van der Waals surface area contributed by atoms with E-state index >= 15 is 0 Å². The summed E-state index contributed by atoms with van der Waals surface area (Å²) in [5, 5.41) is 7.60. The normalized spacial score (nSPS) is 23.4. The summed E-state index contributed by atoms with van der Waals surface area (Å²) in [6.07, 6.45) is 34.5. The van der Waals surface area contributed by atoms with E-state index in [1.807, 2.05) is 0 Å². The number of aromatic nitrogens is 1. The monoisotopic (exact) mass is 727 g/mol. The maximum atomic E-state index is 5.34. The molecule has 0 spiro atoms. The number of nitrogens with two attached hydrogens (primary N) is 1. The molecule has 3 atom stereocenters. The summed E-state index contributed by atoms with van der Waals surface area (Å²) in [4.78, 5) is 5.34. The Labute approximate surface area is 329 Å². The van der Waals surface area contributed by atoms with Crippen LogP contribution in [0.2, 0.25) is 0 Å². The number of hydrogen-bond acceptors (Lipinski definition) is 2. The molecule has 5 aliphatic carbocycles. The van der Waals surface area contributed by atoms with Crippen LogP contribution in [0, 0.1) is 0 Å². The molecule has 5 aromatic rings. The molecule has 0 bridgehead atoms. The summed E-state index contributed by atoms with van der Waals surface area (Å²) in [5.41, 5.74) is 16.9. The molecule has 274 valence electrons. The number of hydrogen-bond donors (Lipinski definition) is 2. The second-order valence-electron chi connectivity index (χ2n) is 16.0. The highest BCUT2D eigenvalue weighted by atomic mass is 15.3. The standard InChI is InChI=1S/C52H46N4/c1-5-17-35(18-6-1)49-53-50(36-19-7-2-8-20-36)55-51(54-49)37-29-31-40(32-30-37)56-45-28-16-14-26-42(45)48-46(56)34-33-44-47(48)41-25-13-15-27-43(41)52(44,38-21-9-3-10-22-38)39-23-11-4-12-24-39/h1,3,5,7,9-11,13-15,17,19-27,29-34,49-50,53H,2,4,6,8,12,16,18,28H2,(H,54,55)/p+1. The fourth-order valence-electron chi connectivity index (χ4n) is 10.4. The van der Waals surface area contributed by atoms with Gasteiger partial charge in [0.05, 0.1) is 10.9 Å². The quantitative estimate of drug-likeness (QED) is 0.180. The van der Waals surface area contributed by atoms with Crippen LogP contribution >= 0.6 is 0 Å². The minimum Gasteiger partial charge on any atom is -0.317 e. The topological polar surface area (TPSA) is 45.9 Å². The second-order valence-corrected chi connectivity index (χ2v) is 16.0. The summed E-state index contributed by atoms with van der Waals surface area (Å²) in [5.74, 6) is 0.976. The third-order valence-electron chi connectivity index (χ3n) is 12.9. The van der Waals surface area contributed by atoms with E-state index in [0.29, 0.717) is 0 Å². The molecule has 4 heteroatoms. The van der Waals surface area contributed by atoms with Crippen LogP contribution in [0.5, 0.6) is 0 Å². The lowest BCUT2D eigenvalue weighted by molar-refractivity contribution is -0.710. The fraction of sp³-hybridized carbons (Fsp3) is 0.212. The molecule has 56 heavy (non-hydrogen) atoms. The highest BCUT2D eigenvalue weighted by Crippen LogP contribution is 2.59. The predicted molar refractivity (Wildman–Crippen MR) is 231 cm³/mol. The molecule has 0 radical (unpaired) electrons. The van der Waals surface area contributed by atoms with E-state index in [-0.39, 0.29) is 17.7 Å². The molecule has 1 aromatic heterocycles. The molecule has 0 saturated heterocycles. The van der Waals surface area contributed by atoms with E-state index in [1.54, 1.807) is 0 Å². The van der Waals surface area contributed by atoms with Crippen LogP contribution in [0.4, 0.5) is 0 Å². The van der Waals surface area contributed by atoms with Crippen LogP contribution in [-0.2, 0) is 11.8 Å². The number of quaternary nitrogens is 1. The van der Waals surface area contributed by atoms with E-state index in [1.165, 1.54) is 72.4 Å². The van der Waals surface area contributed by atoms with Crippen molar-refractivity contribution in [1.29, 1.82) is 0 Å². The van der Waals surface area contributed by atoms with Crippen LogP contribution in [0.25, 0.3) is 33.8 Å². The smallest absolute Gasteiger partial charge is 0.206 e.